The van der Waals surface area contributed by atoms with E-state index in [1.165, 1.54) is 0 Å². The first kappa shape index (κ1) is 11.7. The van der Waals surface area contributed by atoms with Crippen LogP contribution >= 0.6 is 12.6 Å². The molecule has 1 heterocycles. The Kier molecular flexibility index (Phi) is 4.77. The average Bonchev–Trinajstić information content (AvgIpc) is 2.76. The van der Waals surface area contributed by atoms with Crippen LogP contribution in [-0.4, -0.2) is 18.8 Å². The Morgan fingerprint density at radius 1 is 1.40 bits per heavy atom. The van der Waals surface area contributed by atoms with Crippen LogP contribution in [0.5, 0.6) is 11.5 Å². The van der Waals surface area contributed by atoms with E-state index in [-0.39, 0.29) is 6.79 Å². The third-order valence-corrected chi connectivity index (χ3v) is 1.92. The second kappa shape index (κ2) is 6.14. The zero-order valence-electron chi connectivity index (χ0n) is 8.18. The summed E-state index contributed by atoms with van der Waals surface area (Å²) in [5.74, 6) is 2.13. The molecule has 0 fully saturated rings. The van der Waals surface area contributed by atoms with Gasteiger partial charge in [0.05, 0.1) is 0 Å². The molecule has 1 aromatic carbocycles. The van der Waals surface area contributed by atoms with E-state index in [2.05, 4.69) is 19.2 Å². The van der Waals surface area contributed by atoms with Crippen molar-refractivity contribution in [3.63, 3.8) is 0 Å². The fourth-order valence-corrected chi connectivity index (χ4v) is 0.986. The zero-order chi connectivity index (χ0) is 11.1. The molecule has 0 N–H and O–H groups in total. The topological polar surface area (TPSA) is 35.5 Å². The molecule has 0 spiro atoms. The van der Waals surface area contributed by atoms with E-state index in [0.717, 1.165) is 12.0 Å². The van der Waals surface area contributed by atoms with Gasteiger partial charge in [0.2, 0.25) is 6.79 Å². The van der Waals surface area contributed by atoms with E-state index in [1.54, 1.807) is 24.3 Å². The van der Waals surface area contributed by atoms with Crippen molar-refractivity contribution in [3.05, 3.63) is 36.4 Å². The number of thiol groups is 1. The molecule has 0 bridgehead atoms. The quantitative estimate of drug-likeness (QED) is 0.476. The molecule has 0 atom stereocenters. The molecule has 0 aromatic heterocycles. The third kappa shape index (κ3) is 3.32. The molecule has 3 nitrogen and oxygen atoms in total. The predicted octanol–water partition coefficient (Wildman–Crippen LogP) is 2.33. The Bertz CT molecular complexity index is 350. The molecule has 0 aliphatic carbocycles. The number of ether oxygens (including phenoxy) is 2. The highest BCUT2D eigenvalue weighted by Gasteiger charge is 2.12. The summed E-state index contributed by atoms with van der Waals surface area (Å²) in [6.07, 6.45) is 2.52. The van der Waals surface area contributed by atoms with E-state index in [0.29, 0.717) is 17.1 Å². The van der Waals surface area contributed by atoms with Gasteiger partial charge in [-0.2, -0.15) is 12.6 Å². The summed E-state index contributed by atoms with van der Waals surface area (Å²) in [6.45, 7) is 3.65. The van der Waals surface area contributed by atoms with Crippen molar-refractivity contribution in [2.24, 2.45) is 0 Å². The van der Waals surface area contributed by atoms with Gasteiger partial charge in [-0.1, -0.05) is 6.08 Å². The fraction of sp³-hybridized carbons (Fsp3) is 0.182. The van der Waals surface area contributed by atoms with Crippen molar-refractivity contribution in [3.8, 4) is 11.5 Å². The Labute approximate surface area is 94.1 Å². The highest BCUT2D eigenvalue weighted by molar-refractivity contribution is 7.80. The number of hydrogen-bond acceptors (Lipinski definition) is 4. The van der Waals surface area contributed by atoms with Crippen LogP contribution in [0, 0.1) is 0 Å². The van der Waals surface area contributed by atoms with Crippen LogP contribution < -0.4 is 9.47 Å². The molecule has 1 aromatic rings. The Hall–Kier alpha value is -1.42. The zero-order valence-corrected chi connectivity index (χ0v) is 9.07. The minimum atomic E-state index is 0.248. The Morgan fingerprint density at radius 3 is 2.67 bits per heavy atom. The maximum atomic E-state index is 10.3. The van der Waals surface area contributed by atoms with Crippen molar-refractivity contribution in [2.75, 3.05) is 12.5 Å². The largest absolute Gasteiger partial charge is 0.454 e. The second-order valence-electron chi connectivity index (χ2n) is 2.70. The van der Waals surface area contributed by atoms with Crippen LogP contribution in [0.2, 0.25) is 0 Å². The third-order valence-electron chi connectivity index (χ3n) is 1.66. The predicted molar refractivity (Wildman–Crippen MR) is 62.0 cm³/mol. The number of rotatable bonds is 2. The lowest BCUT2D eigenvalue weighted by molar-refractivity contribution is 0.112. The standard InChI is InChI=1S/C8H6O3.C3H6S/c9-4-6-1-2-7-8(3-6)11-5-10-7;1-2-3-4/h1-4H,5H2;2,4H,1,3H2. The lowest BCUT2D eigenvalue weighted by atomic mass is 10.2. The van der Waals surface area contributed by atoms with Crippen LogP contribution in [0.3, 0.4) is 0 Å². The average molecular weight is 224 g/mol. The second-order valence-corrected chi connectivity index (χ2v) is 3.07. The van der Waals surface area contributed by atoms with Crippen LogP contribution in [0.4, 0.5) is 0 Å². The molecule has 4 heteroatoms. The van der Waals surface area contributed by atoms with E-state index < -0.39 is 0 Å². The maximum absolute atomic E-state index is 10.3. The molecule has 0 saturated carbocycles. The minimum Gasteiger partial charge on any atom is -0.454 e. The van der Waals surface area contributed by atoms with Crippen LogP contribution in [0.15, 0.2) is 30.9 Å². The van der Waals surface area contributed by atoms with E-state index in [1.807, 2.05) is 0 Å². The molecule has 1 aliphatic heterocycles. The first-order valence-electron chi connectivity index (χ1n) is 4.38. The van der Waals surface area contributed by atoms with Crippen LogP contribution in [0.1, 0.15) is 10.4 Å². The summed E-state index contributed by atoms with van der Waals surface area (Å²) in [4.78, 5) is 10.3. The lowest BCUT2D eigenvalue weighted by Crippen LogP contribution is -1.92. The molecular formula is C11H12O3S. The molecule has 0 unspecified atom stereocenters. The van der Waals surface area contributed by atoms with E-state index in [4.69, 9.17) is 9.47 Å². The van der Waals surface area contributed by atoms with Crippen molar-refractivity contribution < 1.29 is 14.3 Å². The Balaban J connectivity index is 0.000000245. The first-order chi connectivity index (χ1) is 7.31. The molecule has 15 heavy (non-hydrogen) atoms. The van der Waals surface area contributed by atoms with Gasteiger partial charge < -0.3 is 9.47 Å². The van der Waals surface area contributed by atoms with Gasteiger partial charge in [0.25, 0.3) is 0 Å². The van der Waals surface area contributed by atoms with Crippen molar-refractivity contribution >= 4 is 18.9 Å². The van der Waals surface area contributed by atoms with Gasteiger partial charge in [0.1, 0.15) is 6.29 Å². The molecule has 0 amide bonds. The summed E-state index contributed by atoms with van der Waals surface area (Å²) < 4.78 is 10.1. The van der Waals surface area contributed by atoms with Gasteiger partial charge >= 0.3 is 0 Å². The maximum Gasteiger partial charge on any atom is 0.231 e. The van der Waals surface area contributed by atoms with Gasteiger partial charge in [0.15, 0.2) is 11.5 Å². The monoisotopic (exact) mass is 224 g/mol. The van der Waals surface area contributed by atoms with Crippen molar-refractivity contribution in [2.45, 2.75) is 0 Å². The summed E-state index contributed by atoms with van der Waals surface area (Å²) in [7, 11) is 0. The summed E-state index contributed by atoms with van der Waals surface area (Å²) in [5, 5.41) is 0. The van der Waals surface area contributed by atoms with Crippen molar-refractivity contribution in [1.82, 2.24) is 0 Å². The summed E-state index contributed by atoms with van der Waals surface area (Å²) in [5.41, 5.74) is 0.606. The molecule has 0 saturated heterocycles. The number of benzene rings is 1. The molecule has 0 radical (unpaired) electrons. The van der Waals surface area contributed by atoms with Crippen LogP contribution in [-0.2, 0) is 0 Å². The normalized spacial score (nSPS) is 11.3. The fourth-order valence-electron chi connectivity index (χ4n) is 0.986. The highest BCUT2D eigenvalue weighted by atomic mass is 32.1. The SMILES string of the molecule is C=CCS.O=Cc1ccc2c(c1)OCO2. The summed E-state index contributed by atoms with van der Waals surface area (Å²) >= 11 is 3.80. The smallest absolute Gasteiger partial charge is 0.231 e. The van der Waals surface area contributed by atoms with E-state index >= 15 is 0 Å². The van der Waals surface area contributed by atoms with Crippen LogP contribution in [0.25, 0.3) is 0 Å². The number of hydrogen-bond donors (Lipinski definition) is 1. The van der Waals surface area contributed by atoms with Gasteiger partial charge in [-0.3, -0.25) is 4.79 Å². The first-order valence-corrected chi connectivity index (χ1v) is 5.01. The number of carbonyl (C=O) groups excluding carboxylic acids is 1. The van der Waals surface area contributed by atoms with Gasteiger partial charge in [0, 0.05) is 11.3 Å². The van der Waals surface area contributed by atoms with Crippen molar-refractivity contribution in [1.29, 1.82) is 0 Å². The molecular weight excluding hydrogens is 212 g/mol. The lowest BCUT2D eigenvalue weighted by Gasteiger charge is -1.94. The number of carbonyl (C=O) groups is 1. The highest BCUT2D eigenvalue weighted by Crippen LogP contribution is 2.31. The molecule has 2 rings (SSSR count). The molecule has 1 aliphatic rings. The molecule has 80 valence electrons. The van der Waals surface area contributed by atoms with E-state index in [9.17, 15) is 4.79 Å². The minimum absolute atomic E-state index is 0.248. The number of aldehydes is 1. The van der Waals surface area contributed by atoms with Gasteiger partial charge in [-0.15, -0.1) is 6.58 Å². The van der Waals surface area contributed by atoms with Gasteiger partial charge in [-0.05, 0) is 18.2 Å². The van der Waals surface area contributed by atoms with Gasteiger partial charge in [-0.25, -0.2) is 0 Å². The number of fused-ring (bicyclic) bond motifs is 1. The summed E-state index contributed by atoms with van der Waals surface area (Å²) in [6, 6.07) is 5.09. The Morgan fingerprint density at radius 2 is 2.07 bits per heavy atom.